The Morgan fingerprint density at radius 2 is 2.12 bits per heavy atom. The fourth-order valence-electron chi connectivity index (χ4n) is 1.96. The molecule has 0 aliphatic carbocycles. The molecule has 0 atom stereocenters. The summed E-state index contributed by atoms with van der Waals surface area (Å²) in [5.74, 6) is 0. The lowest BCUT2D eigenvalue weighted by molar-refractivity contribution is 0.122. The molecule has 1 aromatic rings. The molecule has 1 fully saturated rings. The van der Waals surface area contributed by atoms with Crippen LogP contribution in [0.5, 0.6) is 0 Å². The zero-order valence-corrected chi connectivity index (χ0v) is 10.1. The van der Waals surface area contributed by atoms with Crippen LogP contribution in [0.1, 0.15) is 12.0 Å². The van der Waals surface area contributed by atoms with Gasteiger partial charge < -0.3 is 15.4 Å². The maximum atomic E-state index is 5.47. The molecule has 0 unspecified atom stereocenters. The molecule has 3 nitrogen and oxygen atoms in total. The minimum absolute atomic E-state index is 0.708. The van der Waals surface area contributed by atoms with Crippen molar-refractivity contribution in [2.75, 3.05) is 37.7 Å². The van der Waals surface area contributed by atoms with Gasteiger partial charge in [-0.1, -0.05) is 24.3 Å². The number of hydrogen-bond acceptors (Lipinski definition) is 3. The molecular weight excluding hydrogens is 212 g/mol. The van der Waals surface area contributed by atoms with Crippen molar-refractivity contribution in [3.63, 3.8) is 0 Å². The maximum Gasteiger partial charge on any atom is 0.0642 e. The van der Waals surface area contributed by atoms with E-state index in [1.54, 1.807) is 0 Å². The largest absolute Gasteiger partial charge is 0.378 e. The lowest BCUT2D eigenvalue weighted by atomic mass is 10.1. The number of rotatable bonds is 4. The Morgan fingerprint density at radius 1 is 1.29 bits per heavy atom. The van der Waals surface area contributed by atoms with Gasteiger partial charge >= 0.3 is 0 Å². The quantitative estimate of drug-likeness (QED) is 0.861. The van der Waals surface area contributed by atoms with Gasteiger partial charge in [0.2, 0.25) is 0 Å². The SMILES string of the molecule is NCCC=Cc1cccc(N2CCOCC2)c1. The molecule has 92 valence electrons. The van der Waals surface area contributed by atoms with Crippen molar-refractivity contribution in [3.8, 4) is 0 Å². The molecule has 1 aliphatic rings. The second-order valence-corrected chi connectivity index (χ2v) is 4.17. The molecule has 1 heterocycles. The number of anilines is 1. The maximum absolute atomic E-state index is 5.47. The Morgan fingerprint density at radius 3 is 2.88 bits per heavy atom. The molecule has 0 radical (unpaired) electrons. The zero-order valence-electron chi connectivity index (χ0n) is 10.1. The Bertz CT molecular complexity index is 370. The molecule has 0 bridgehead atoms. The van der Waals surface area contributed by atoms with Crippen LogP contribution in [0.25, 0.3) is 6.08 Å². The predicted octanol–water partition coefficient (Wildman–Crippen LogP) is 1.89. The van der Waals surface area contributed by atoms with Crippen molar-refractivity contribution in [1.29, 1.82) is 0 Å². The summed E-state index contributed by atoms with van der Waals surface area (Å²) >= 11 is 0. The van der Waals surface area contributed by atoms with E-state index in [1.807, 2.05) is 0 Å². The van der Waals surface area contributed by atoms with Gasteiger partial charge in [0.15, 0.2) is 0 Å². The van der Waals surface area contributed by atoms with E-state index >= 15 is 0 Å². The summed E-state index contributed by atoms with van der Waals surface area (Å²) in [5, 5.41) is 0. The highest BCUT2D eigenvalue weighted by Gasteiger charge is 2.10. The summed E-state index contributed by atoms with van der Waals surface area (Å²) in [6.07, 6.45) is 5.19. The molecule has 2 N–H and O–H groups in total. The molecule has 0 spiro atoms. The topological polar surface area (TPSA) is 38.5 Å². The Kier molecular flexibility index (Phi) is 4.59. The van der Waals surface area contributed by atoms with Crippen molar-refractivity contribution < 1.29 is 4.74 Å². The Balaban J connectivity index is 2.05. The summed E-state index contributed by atoms with van der Waals surface area (Å²) in [6, 6.07) is 8.60. The summed E-state index contributed by atoms with van der Waals surface area (Å²) in [7, 11) is 0. The number of ether oxygens (including phenoxy) is 1. The third kappa shape index (κ3) is 3.58. The first-order valence-corrected chi connectivity index (χ1v) is 6.19. The zero-order chi connectivity index (χ0) is 11.9. The number of benzene rings is 1. The second-order valence-electron chi connectivity index (χ2n) is 4.17. The molecule has 3 heteroatoms. The average Bonchev–Trinajstić information content (AvgIpc) is 2.41. The highest BCUT2D eigenvalue weighted by atomic mass is 16.5. The number of hydrogen-bond donors (Lipinski definition) is 1. The number of nitrogens with zero attached hydrogens (tertiary/aromatic N) is 1. The van der Waals surface area contributed by atoms with Crippen LogP contribution in [-0.2, 0) is 4.74 Å². The Hall–Kier alpha value is -1.32. The molecule has 1 aliphatic heterocycles. The van der Waals surface area contributed by atoms with Gasteiger partial charge in [-0.2, -0.15) is 0 Å². The van der Waals surface area contributed by atoms with Crippen LogP contribution in [0.3, 0.4) is 0 Å². The molecule has 1 saturated heterocycles. The van der Waals surface area contributed by atoms with E-state index in [2.05, 4.69) is 41.3 Å². The minimum atomic E-state index is 0.708. The molecule has 1 aromatic carbocycles. The van der Waals surface area contributed by atoms with Gasteiger partial charge in [-0.05, 0) is 30.7 Å². The van der Waals surface area contributed by atoms with E-state index in [1.165, 1.54) is 11.3 Å². The number of nitrogens with two attached hydrogens (primary N) is 1. The van der Waals surface area contributed by atoms with Crippen molar-refractivity contribution in [3.05, 3.63) is 35.9 Å². The lowest BCUT2D eigenvalue weighted by Gasteiger charge is -2.29. The van der Waals surface area contributed by atoms with Gasteiger partial charge in [-0.3, -0.25) is 0 Å². The van der Waals surface area contributed by atoms with Crippen LogP contribution >= 0.6 is 0 Å². The first-order chi connectivity index (χ1) is 8.40. The molecular formula is C14H20N2O. The van der Waals surface area contributed by atoms with E-state index in [0.29, 0.717) is 6.54 Å². The van der Waals surface area contributed by atoms with Gasteiger partial charge in [-0.15, -0.1) is 0 Å². The van der Waals surface area contributed by atoms with Crippen molar-refractivity contribution in [1.82, 2.24) is 0 Å². The van der Waals surface area contributed by atoms with Crippen LogP contribution in [0.4, 0.5) is 5.69 Å². The second kappa shape index (κ2) is 6.42. The van der Waals surface area contributed by atoms with Crippen LogP contribution < -0.4 is 10.6 Å². The molecule has 0 amide bonds. The highest BCUT2D eigenvalue weighted by Crippen LogP contribution is 2.18. The van der Waals surface area contributed by atoms with Crippen molar-refractivity contribution in [2.45, 2.75) is 6.42 Å². The summed E-state index contributed by atoms with van der Waals surface area (Å²) < 4.78 is 5.36. The van der Waals surface area contributed by atoms with Gasteiger partial charge in [0.05, 0.1) is 13.2 Å². The van der Waals surface area contributed by atoms with Crippen LogP contribution in [0, 0.1) is 0 Å². The molecule has 2 rings (SSSR count). The van der Waals surface area contributed by atoms with E-state index in [0.717, 1.165) is 32.7 Å². The van der Waals surface area contributed by atoms with Gasteiger partial charge in [0.1, 0.15) is 0 Å². The van der Waals surface area contributed by atoms with Gasteiger partial charge in [0.25, 0.3) is 0 Å². The fourth-order valence-corrected chi connectivity index (χ4v) is 1.96. The predicted molar refractivity (Wildman–Crippen MR) is 72.2 cm³/mol. The molecule has 0 aromatic heterocycles. The van der Waals surface area contributed by atoms with E-state index in [4.69, 9.17) is 10.5 Å². The third-order valence-electron chi connectivity index (χ3n) is 2.89. The summed E-state index contributed by atoms with van der Waals surface area (Å²) in [6.45, 7) is 4.33. The first-order valence-electron chi connectivity index (χ1n) is 6.19. The van der Waals surface area contributed by atoms with E-state index < -0.39 is 0 Å². The third-order valence-corrected chi connectivity index (χ3v) is 2.89. The summed E-state index contributed by atoms with van der Waals surface area (Å²) in [5.41, 5.74) is 7.99. The van der Waals surface area contributed by atoms with E-state index in [9.17, 15) is 0 Å². The van der Waals surface area contributed by atoms with Crippen molar-refractivity contribution in [2.24, 2.45) is 5.73 Å². The molecule has 17 heavy (non-hydrogen) atoms. The lowest BCUT2D eigenvalue weighted by Crippen LogP contribution is -2.36. The standard InChI is InChI=1S/C14H20N2O/c15-7-2-1-4-13-5-3-6-14(12-13)16-8-10-17-11-9-16/h1,3-6,12H,2,7-11,15H2. The average molecular weight is 232 g/mol. The van der Waals surface area contributed by atoms with Gasteiger partial charge in [0, 0.05) is 18.8 Å². The van der Waals surface area contributed by atoms with Crippen LogP contribution in [-0.4, -0.2) is 32.8 Å². The smallest absolute Gasteiger partial charge is 0.0642 e. The highest BCUT2D eigenvalue weighted by molar-refractivity contribution is 5.58. The number of morpholine rings is 1. The monoisotopic (exact) mass is 232 g/mol. The molecule has 0 saturated carbocycles. The summed E-state index contributed by atoms with van der Waals surface area (Å²) in [4.78, 5) is 2.36. The van der Waals surface area contributed by atoms with Gasteiger partial charge in [-0.25, -0.2) is 0 Å². The van der Waals surface area contributed by atoms with Crippen molar-refractivity contribution >= 4 is 11.8 Å². The first kappa shape index (κ1) is 12.1. The van der Waals surface area contributed by atoms with Crippen LogP contribution in [0.15, 0.2) is 30.3 Å². The Labute approximate surface area is 103 Å². The normalized spacial score (nSPS) is 16.6. The van der Waals surface area contributed by atoms with Crippen LogP contribution in [0.2, 0.25) is 0 Å². The fraction of sp³-hybridized carbons (Fsp3) is 0.429. The minimum Gasteiger partial charge on any atom is -0.378 e. The van der Waals surface area contributed by atoms with E-state index in [-0.39, 0.29) is 0 Å².